The average molecular weight is 365 g/mol. The Kier molecular flexibility index (Phi) is 2.55. The molecule has 128 valence electrons. The molecule has 3 rings (SSSR count). The standard InChI is InChI=1S/C19H17ClN2O3/c1-3-22(12-8-5-4-6-9-12)19(25)16-17(23)15-13(20)10-7-11-14(15)21(2)18(16)24/h4-11,23H,3H2,1-2H3/i1D3,3D2,7D,10D,11D. The molecule has 1 N–H and O–H groups in total. The van der Waals surface area contributed by atoms with E-state index in [9.17, 15) is 14.7 Å². The highest BCUT2D eigenvalue weighted by atomic mass is 35.5. The van der Waals surface area contributed by atoms with E-state index < -0.39 is 64.7 Å². The highest BCUT2D eigenvalue weighted by molar-refractivity contribution is 6.36. The van der Waals surface area contributed by atoms with E-state index in [1.807, 2.05) is 0 Å². The molecule has 0 fully saturated rings. The zero-order valence-electron chi connectivity index (χ0n) is 20.9. The molecule has 0 saturated carbocycles. The molecule has 1 aromatic heterocycles. The second-order valence-corrected chi connectivity index (χ2v) is 5.47. The van der Waals surface area contributed by atoms with Gasteiger partial charge in [0.25, 0.3) is 11.5 Å². The molecule has 5 nitrogen and oxygen atoms in total. The van der Waals surface area contributed by atoms with Crippen LogP contribution >= 0.6 is 11.6 Å². The lowest BCUT2D eigenvalue weighted by Gasteiger charge is -2.22. The van der Waals surface area contributed by atoms with Gasteiger partial charge in [-0.3, -0.25) is 9.59 Å². The van der Waals surface area contributed by atoms with Gasteiger partial charge in [-0.15, -0.1) is 0 Å². The van der Waals surface area contributed by atoms with E-state index >= 15 is 0 Å². The van der Waals surface area contributed by atoms with E-state index in [0.29, 0.717) is 0 Å². The van der Waals surface area contributed by atoms with E-state index in [1.54, 1.807) is 6.07 Å². The first-order valence-electron chi connectivity index (χ1n) is 11.0. The van der Waals surface area contributed by atoms with Crippen LogP contribution in [0.4, 0.5) is 5.69 Å². The van der Waals surface area contributed by atoms with Crippen LogP contribution in [-0.2, 0) is 7.05 Å². The number of benzene rings is 2. The van der Waals surface area contributed by atoms with Crippen molar-refractivity contribution in [2.45, 2.75) is 6.85 Å². The molecule has 0 radical (unpaired) electrons. The lowest BCUT2D eigenvalue weighted by molar-refractivity contribution is 0.0984. The zero-order chi connectivity index (χ0) is 25.0. The predicted molar refractivity (Wildman–Crippen MR) is 99.7 cm³/mol. The maximum atomic E-state index is 13.5. The van der Waals surface area contributed by atoms with Crippen LogP contribution in [0.25, 0.3) is 10.9 Å². The van der Waals surface area contributed by atoms with Crippen LogP contribution in [0.2, 0.25) is 5.02 Å². The Balaban J connectivity index is 2.44. The Morgan fingerprint density at radius 3 is 2.80 bits per heavy atom. The Morgan fingerprint density at radius 1 is 1.40 bits per heavy atom. The molecular weight excluding hydrogens is 340 g/mol. The number of fused-ring (bicyclic) bond motifs is 1. The molecule has 0 unspecified atom stereocenters. The minimum absolute atomic E-state index is 0.194. The second kappa shape index (κ2) is 6.61. The molecular formula is C19H17ClN2O3. The summed E-state index contributed by atoms with van der Waals surface area (Å²) in [5.41, 5.74) is -2.68. The number of aryl methyl sites for hydroxylation is 1. The Hall–Kier alpha value is -2.79. The first-order chi connectivity index (χ1) is 15.1. The third-order valence-electron chi connectivity index (χ3n) is 3.68. The summed E-state index contributed by atoms with van der Waals surface area (Å²) < 4.78 is 63.7. The van der Waals surface area contributed by atoms with Crippen LogP contribution in [0.1, 0.15) is 28.2 Å². The fraction of sp³-hybridized carbons (Fsp3) is 0.158. The van der Waals surface area contributed by atoms with Crippen LogP contribution in [0.15, 0.2) is 53.3 Å². The first kappa shape index (κ1) is 9.63. The number of pyridine rings is 1. The van der Waals surface area contributed by atoms with Crippen molar-refractivity contribution < 1.29 is 20.9 Å². The molecule has 0 spiro atoms. The van der Waals surface area contributed by atoms with Gasteiger partial charge in [0, 0.05) is 26.1 Å². The molecule has 6 heteroatoms. The molecule has 1 amide bonds. The van der Waals surface area contributed by atoms with E-state index in [0.717, 1.165) is 11.6 Å². The van der Waals surface area contributed by atoms with E-state index in [2.05, 4.69) is 0 Å². The number of aromatic hydroxyl groups is 1. The van der Waals surface area contributed by atoms with Crippen molar-refractivity contribution in [3.05, 3.63) is 69.4 Å². The molecule has 0 saturated heterocycles. The van der Waals surface area contributed by atoms with Gasteiger partial charge in [0.05, 0.1) is 20.0 Å². The van der Waals surface area contributed by atoms with Crippen LogP contribution in [0.3, 0.4) is 0 Å². The number of hydrogen-bond donors (Lipinski definition) is 1. The second-order valence-electron chi connectivity index (χ2n) is 5.09. The monoisotopic (exact) mass is 364 g/mol. The normalized spacial score (nSPS) is 16.6. The summed E-state index contributed by atoms with van der Waals surface area (Å²) in [6.07, 6.45) is 0. The summed E-state index contributed by atoms with van der Waals surface area (Å²) in [5, 5.41) is 9.94. The number of amides is 1. The van der Waals surface area contributed by atoms with Crippen molar-refractivity contribution in [3.63, 3.8) is 0 Å². The number of carbonyl (C=O) groups excluding carboxylic acids is 1. The number of anilines is 1. The maximum absolute atomic E-state index is 13.5. The van der Waals surface area contributed by atoms with E-state index in [-0.39, 0.29) is 16.1 Å². The molecule has 0 bridgehead atoms. The number of carbonyl (C=O) groups is 1. The number of rotatable bonds is 3. The van der Waals surface area contributed by atoms with Crippen molar-refractivity contribution in [2.24, 2.45) is 7.05 Å². The molecule has 0 atom stereocenters. The highest BCUT2D eigenvalue weighted by Crippen LogP contribution is 2.33. The summed E-state index contributed by atoms with van der Waals surface area (Å²) in [4.78, 5) is 26.8. The number of nitrogens with zero attached hydrogens (tertiary/aromatic N) is 2. The lowest BCUT2D eigenvalue weighted by Crippen LogP contribution is -2.36. The van der Waals surface area contributed by atoms with Crippen molar-refractivity contribution in [3.8, 4) is 5.75 Å². The highest BCUT2D eigenvalue weighted by Gasteiger charge is 2.26. The quantitative estimate of drug-likeness (QED) is 0.772. The Morgan fingerprint density at radius 2 is 2.12 bits per heavy atom. The van der Waals surface area contributed by atoms with Gasteiger partial charge in [0.2, 0.25) is 0 Å². The summed E-state index contributed by atoms with van der Waals surface area (Å²) in [6, 6.07) is 5.09. The molecule has 2 aromatic carbocycles. The maximum Gasteiger partial charge on any atom is 0.267 e. The summed E-state index contributed by atoms with van der Waals surface area (Å²) in [7, 11) is 1.14. The summed E-state index contributed by atoms with van der Waals surface area (Å²) in [5.74, 6) is -2.52. The molecule has 3 aromatic rings. The van der Waals surface area contributed by atoms with Crippen molar-refractivity contribution in [2.75, 3.05) is 11.4 Å². The van der Waals surface area contributed by atoms with Gasteiger partial charge in [-0.1, -0.05) is 35.8 Å². The topological polar surface area (TPSA) is 62.5 Å². The molecule has 1 heterocycles. The Bertz CT molecular complexity index is 1340. The van der Waals surface area contributed by atoms with Crippen LogP contribution in [-0.4, -0.2) is 22.1 Å². The van der Waals surface area contributed by atoms with Gasteiger partial charge in [-0.05, 0) is 31.1 Å². The third-order valence-corrected chi connectivity index (χ3v) is 3.96. The average Bonchev–Trinajstić information content (AvgIpc) is 2.73. The minimum Gasteiger partial charge on any atom is -0.506 e. The van der Waals surface area contributed by atoms with Crippen LogP contribution < -0.4 is 10.5 Å². The van der Waals surface area contributed by atoms with Gasteiger partial charge >= 0.3 is 0 Å². The van der Waals surface area contributed by atoms with Gasteiger partial charge in [0.1, 0.15) is 11.3 Å². The largest absolute Gasteiger partial charge is 0.506 e. The van der Waals surface area contributed by atoms with Crippen LogP contribution in [0.5, 0.6) is 5.75 Å². The van der Waals surface area contributed by atoms with E-state index in [4.69, 9.17) is 22.6 Å². The Labute approximate surface area is 160 Å². The lowest BCUT2D eigenvalue weighted by atomic mass is 10.1. The summed E-state index contributed by atoms with van der Waals surface area (Å²) in [6.45, 7) is -6.63. The predicted octanol–water partition coefficient (Wildman–Crippen LogP) is 3.56. The smallest absolute Gasteiger partial charge is 0.267 e. The van der Waals surface area contributed by atoms with Gasteiger partial charge < -0.3 is 14.6 Å². The number of para-hydroxylation sites is 1. The molecule has 0 aliphatic heterocycles. The third kappa shape index (κ3) is 2.76. The van der Waals surface area contributed by atoms with Crippen molar-refractivity contribution >= 4 is 34.1 Å². The van der Waals surface area contributed by atoms with Crippen molar-refractivity contribution in [1.82, 2.24) is 4.57 Å². The summed E-state index contributed by atoms with van der Waals surface area (Å²) >= 11 is 6.11. The number of aromatic nitrogens is 1. The van der Waals surface area contributed by atoms with Crippen molar-refractivity contribution in [1.29, 1.82) is 0 Å². The first-order valence-corrected chi connectivity index (χ1v) is 7.42. The minimum atomic E-state index is -3.34. The molecule has 25 heavy (non-hydrogen) atoms. The van der Waals surface area contributed by atoms with E-state index in [1.165, 1.54) is 24.3 Å². The fourth-order valence-corrected chi connectivity index (χ4v) is 2.68. The molecule has 0 aliphatic carbocycles. The van der Waals surface area contributed by atoms with Gasteiger partial charge in [-0.2, -0.15) is 0 Å². The van der Waals surface area contributed by atoms with Crippen LogP contribution in [0, 0.1) is 0 Å². The van der Waals surface area contributed by atoms with Gasteiger partial charge in [0.15, 0.2) is 0 Å². The zero-order valence-corrected chi connectivity index (χ0v) is 13.7. The fourth-order valence-electron chi connectivity index (χ4n) is 2.45. The van der Waals surface area contributed by atoms with Gasteiger partial charge in [-0.25, -0.2) is 0 Å². The number of halogens is 1. The molecule has 0 aliphatic rings. The number of hydrogen-bond acceptors (Lipinski definition) is 3. The SMILES string of the molecule is [2H]c1c([2H])c([2H])c2c(c(O)c(C(=O)N(c3ccccc3)C([2H])([2H])C([2H])([2H])[2H])c(=O)n2C)c1Cl.